The Morgan fingerprint density at radius 2 is 1.89 bits per heavy atom. The smallest absolute Gasteiger partial charge is 0.240 e. The molecule has 0 spiro atoms. The van der Waals surface area contributed by atoms with E-state index in [1.807, 2.05) is 36.4 Å². The summed E-state index contributed by atoms with van der Waals surface area (Å²) in [5.74, 6) is -0.301. The van der Waals surface area contributed by atoms with Crippen LogP contribution in [0.5, 0.6) is 0 Å². The average Bonchev–Trinajstić information content (AvgIpc) is 3.02. The summed E-state index contributed by atoms with van der Waals surface area (Å²) in [5.41, 5.74) is 1.65. The molecule has 136 valence electrons. The van der Waals surface area contributed by atoms with Gasteiger partial charge in [-0.15, -0.1) is 5.10 Å². The molecule has 0 saturated carbocycles. The Morgan fingerprint density at radius 3 is 2.63 bits per heavy atom. The second-order valence-electron chi connectivity index (χ2n) is 5.67. The lowest BCUT2D eigenvalue weighted by Gasteiger charge is -2.04. The highest BCUT2D eigenvalue weighted by molar-refractivity contribution is 9.10. The molecule has 1 atom stereocenters. The van der Waals surface area contributed by atoms with Crippen molar-refractivity contribution in [3.8, 4) is 0 Å². The van der Waals surface area contributed by atoms with E-state index >= 15 is 0 Å². The van der Waals surface area contributed by atoms with Gasteiger partial charge < -0.3 is 5.32 Å². The number of ketones is 1. The van der Waals surface area contributed by atoms with Crippen LogP contribution in [0.2, 0.25) is 0 Å². The van der Waals surface area contributed by atoms with Crippen LogP contribution in [-0.4, -0.2) is 28.3 Å². The van der Waals surface area contributed by atoms with Gasteiger partial charge in [0.1, 0.15) is 0 Å². The third kappa shape index (κ3) is 5.74. The SMILES string of the molecule is O=C(C[C@H]1S/C(=N/N=C\C=C\c2ccccc2)NC1=O)c1ccc(Br)cc1. The fraction of sp³-hybridized carbons (Fsp3) is 0.100. The van der Waals surface area contributed by atoms with Crippen LogP contribution in [0, 0.1) is 0 Å². The second kappa shape index (κ2) is 9.43. The lowest BCUT2D eigenvalue weighted by Crippen LogP contribution is -2.26. The Bertz CT molecular complexity index is 909. The standard InChI is InChI=1S/C20H16BrN3O2S/c21-16-10-8-15(9-11-16)17(25)13-18-19(26)23-20(27-18)24-22-12-4-7-14-5-2-1-3-6-14/h1-12,18H,13H2,(H,23,24,26)/b7-4+,22-12-/t18-/m1/s1. The fourth-order valence-electron chi connectivity index (χ4n) is 2.35. The highest BCUT2D eigenvalue weighted by atomic mass is 79.9. The van der Waals surface area contributed by atoms with Crippen LogP contribution in [0.25, 0.3) is 6.08 Å². The molecular weight excluding hydrogens is 426 g/mol. The maximum atomic E-state index is 12.3. The number of nitrogens with zero attached hydrogens (tertiary/aromatic N) is 2. The summed E-state index contributed by atoms with van der Waals surface area (Å²) in [6.07, 6.45) is 5.35. The molecule has 5 nitrogen and oxygen atoms in total. The van der Waals surface area contributed by atoms with Crippen LogP contribution in [0.15, 0.2) is 75.3 Å². The zero-order valence-corrected chi connectivity index (χ0v) is 16.6. The molecule has 0 radical (unpaired) electrons. The Hall–Kier alpha value is -2.51. The van der Waals surface area contributed by atoms with Gasteiger partial charge in [0.2, 0.25) is 5.91 Å². The maximum absolute atomic E-state index is 12.3. The van der Waals surface area contributed by atoms with Crippen molar-refractivity contribution in [3.63, 3.8) is 0 Å². The first-order valence-electron chi connectivity index (χ1n) is 8.21. The number of amides is 1. The molecule has 0 aromatic heterocycles. The van der Waals surface area contributed by atoms with Gasteiger partial charge in [-0.05, 0) is 23.8 Å². The van der Waals surface area contributed by atoms with E-state index in [-0.39, 0.29) is 18.1 Å². The number of halogens is 1. The molecule has 0 aliphatic carbocycles. The van der Waals surface area contributed by atoms with Gasteiger partial charge in [-0.25, -0.2) is 0 Å². The normalized spacial score (nSPS) is 18.5. The first-order valence-corrected chi connectivity index (χ1v) is 9.88. The van der Waals surface area contributed by atoms with Gasteiger partial charge in [-0.2, -0.15) is 5.10 Å². The fourth-order valence-corrected chi connectivity index (χ4v) is 3.54. The number of hydrogen-bond donors (Lipinski definition) is 1. The van der Waals surface area contributed by atoms with Gasteiger partial charge in [-0.1, -0.05) is 76.2 Å². The van der Waals surface area contributed by atoms with Crippen LogP contribution in [-0.2, 0) is 4.79 Å². The molecule has 0 bridgehead atoms. The summed E-state index contributed by atoms with van der Waals surface area (Å²) < 4.78 is 0.903. The number of allylic oxidation sites excluding steroid dienone is 1. The largest absolute Gasteiger partial charge is 0.303 e. The van der Waals surface area contributed by atoms with E-state index in [0.717, 1.165) is 10.0 Å². The van der Waals surface area contributed by atoms with E-state index < -0.39 is 5.25 Å². The first kappa shape index (κ1) is 19.3. The molecule has 7 heteroatoms. The van der Waals surface area contributed by atoms with Crippen molar-refractivity contribution in [2.24, 2.45) is 10.2 Å². The number of nitrogens with one attached hydrogen (secondary N) is 1. The molecule has 1 fully saturated rings. The summed E-state index contributed by atoms with van der Waals surface area (Å²) in [6.45, 7) is 0. The van der Waals surface area contributed by atoms with Gasteiger partial charge in [0.25, 0.3) is 0 Å². The van der Waals surface area contributed by atoms with Crippen LogP contribution >= 0.6 is 27.7 Å². The lowest BCUT2D eigenvalue weighted by molar-refractivity contribution is -0.118. The first-order chi connectivity index (χ1) is 13.1. The van der Waals surface area contributed by atoms with Gasteiger partial charge in [0, 0.05) is 22.7 Å². The molecule has 2 aromatic rings. The summed E-state index contributed by atoms with van der Waals surface area (Å²) in [6, 6.07) is 16.9. The lowest BCUT2D eigenvalue weighted by atomic mass is 10.1. The molecule has 1 N–H and O–H groups in total. The quantitative estimate of drug-likeness (QED) is 0.412. The second-order valence-corrected chi connectivity index (χ2v) is 7.78. The predicted octanol–water partition coefficient (Wildman–Crippen LogP) is 4.31. The number of thioether (sulfide) groups is 1. The molecule has 1 aliphatic rings. The van der Waals surface area contributed by atoms with E-state index in [2.05, 4.69) is 31.4 Å². The van der Waals surface area contributed by atoms with Crippen molar-refractivity contribution in [2.75, 3.05) is 0 Å². The van der Waals surface area contributed by atoms with Gasteiger partial charge >= 0.3 is 0 Å². The number of hydrogen-bond acceptors (Lipinski definition) is 5. The highest BCUT2D eigenvalue weighted by Gasteiger charge is 2.32. The van der Waals surface area contributed by atoms with E-state index in [9.17, 15) is 9.59 Å². The Labute approximate surface area is 169 Å². The van der Waals surface area contributed by atoms with Crippen molar-refractivity contribution in [3.05, 3.63) is 76.3 Å². The number of amidine groups is 1. The number of Topliss-reactive ketones (excluding diaryl/α,β-unsaturated/α-hetero) is 1. The van der Waals surface area contributed by atoms with Crippen LogP contribution in [0.3, 0.4) is 0 Å². The van der Waals surface area contributed by atoms with Crippen molar-refractivity contribution < 1.29 is 9.59 Å². The molecule has 1 amide bonds. The third-order valence-electron chi connectivity index (χ3n) is 3.70. The Morgan fingerprint density at radius 1 is 1.15 bits per heavy atom. The van der Waals surface area contributed by atoms with E-state index in [4.69, 9.17) is 0 Å². The number of benzene rings is 2. The van der Waals surface area contributed by atoms with Crippen molar-refractivity contribution in [2.45, 2.75) is 11.7 Å². The monoisotopic (exact) mass is 441 g/mol. The Kier molecular flexibility index (Phi) is 6.73. The third-order valence-corrected chi connectivity index (χ3v) is 5.30. The van der Waals surface area contributed by atoms with Crippen molar-refractivity contribution in [1.82, 2.24) is 5.32 Å². The molecule has 1 saturated heterocycles. The van der Waals surface area contributed by atoms with Gasteiger partial charge in [0.15, 0.2) is 11.0 Å². The molecule has 2 aromatic carbocycles. The van der Waals surface area contributed by atoms with Crippen LogP contribution < -0.4 is 5.32 Å². The Balaban J connectivity index is 1.54. The number of carbonyl (C=O) groups excluding carboxylic acids is 2. The molecular formula is C20H16BrN3O2S. The highest BCUT2D eigenvalue weighted by Crippen LogP contribution is 2.24. The molecule has 1 heterocycles. The molecule has 27 heavy (non-hydrogen) atoms. The zero-order chi connectivity index (χ0) is 19.1. The average molecular weight is 442 g/mol. The summed E-state index contributed by atoms with van der Waals surface area (Å²) >= 11 is 4.56. The summed E-state index contributed by atoms with van der Waals surface area (Å²) in [4.78, 5) is 24.4. The zero-order valence-electron chi connectivity index (χ0n) is 14.2. The van der Waals surface area contributed by atoms with Gasteiger partial charge in [0.05, 0.1) is 5.25 Å². The minimum atomic E-state index is -0.491. The molecule has 1 aliphatic heterocycles. The van der Waals surface area contributed by atoms with E-state index in [0.29, 0.717) is 10.7 Å². The molecule has 3 rings (SSSR count). The van der Waals surface area contributed by atoms with Gasteiger partial charge in [-0.3, -0.25) is 9.59 Å². The van der Waals surface area contributed by atoms with E-state index in [1.165, 1.54) is 11.8 Å². The minimum absolute atomic E-state index is 0.0781. The number of rotatable bonds is 6. The van der Waals surface area contributed by atoms with Crippen LogP contribution in [0.4, 0.5) is 0 Å². The van der Waals surface area contributed by atoms with Crippen molar-refractivity contribution >= 4 is 56.8 Å². The topological polar surface area (TPSA) is 70.9 Å². The summed E-state index contributed by atoms with van der Waals surface area (Å²) in [5, 5.41) is 10.5. The number of carbonyl (C=O) groups is 2. The predicted molar refractivity (Wildman–Crippen MR) is 114 cm³/mol. The summed E-state index contributed by atoms with van der Waals surface area (Å²) in [7, 11) is 0. The minimum Gasteiger partial charge on any atom is -0.303 e. The van der Waals surface area contributed by atoms with Crippen LogP contribution in [0.1, 0.15) is 22.3 Å². The molecule has 0 unspecified atom stereocenters. The van der Waals surface area contributed by atoms with Crippen molar-refractivity contribution in [1.29, 1.82) is 0 Å². The van der Waals surface area contributed by atoms with E-state index in [1.54, 1.807) is 36.6 Å². The maximum Gasteiger partial charge on any atom is 0.240 e.